The Labute approximate surface area is 161 Å². The lowest BCUT2D eigenvalue weighted by Gasteiger charge is -2.04. The number of halogens is 1. The van der Waals surface area contributed by atoms with E-state index in [2.05, 4.69) is 12.0 Å². The number of H-pyrrole nitrogens is 1. The maximum Gasteiger partial charge on any atom is 0.262 e. The summed E-state index contributed by atoms with van der Waals surface area (Å²) in [5, 5.41) is 5.16. The second-order valence-electron chi connectivity index (χ2n) is 6.84. The van der Waals surface area contributed by atoms with E-state index in [0.29, 0.717) is 28.2 Å². The number of aromatic nitrogens is 4. The Balaban J connectivity index is 1.77. The molecule has 1 aromatic carbocycles. The number of hydrogen-bond donors (Lipinski definition) is 2. The number of nitrogens with zero attached hydrogens (tertiary/aromatic N) is 3. The molecule has 7 heteroatoms. The number of aryl methyl sites for hydroxylation is 1. The van der Waals surface area contributed by atoms with Crippen molar-refractivity contribution in [3.63, 3.8) is 0 Å². The van der Waals surface area contributed by atoms with Gasteiger partial charge in [0.1, 0.15) is 0 Å². The molecule has 27 heavy (non-hydrogen) atoms. The summed E-state index contributed by atoms with van der Waals surface area (Å²) in [5.74, 6) is 0. The number of benzene rings is 1. The van der Waals surface area contributed by atoms with E-state index in [9.17, 15) is 4.79 Å². The number of aromatic amines is 1. The summed E-state index contributed by atoms with van der Waals surface area (Å²) >= 11 is 5.94. The average Bonchev–Trinajstić information content (AvgIpc) is 3.20. The first-order valence-electron chi connectivity index (χ1n) is 9.19. The van der Waals surface area contributed by atoms with Gasteiger partial charge in [-0.05, 0) is 24.1 Å². The molecule has 0 saturated carbocycles. The molecule has 0 aliphatic carbocycles. The van der Waals surface area contributed by atoms with Gasteiger partial charge >= 0.3 is 0 Å². The van der Waals surface area contributed by atoms with Gasteiger partial charge in [0.2, 0.25) is 0 Å². The van der Waals surface area contributed by atoms with Gasteiger partial charge in [-0.2, -0.15) is 0 Å². The van der Waals surface area contributed by atoms with Crippen LogP contribution in [0, 0.1) is 0 Å². The van der Waals surface area contributed by atoms with Crippen LogP contribution in [-0.4, -0.2) is 19.3 Å². The van der Waals surface area contributed by atoms with Crippen molar-refractivity contribution < 1.29 is 0 Å². The second kappa shape index (κ2) is 7.12. The van der Waals surface area contributed by atoms with Crippen molar-refractivity contribution in [1.29, 1.82) is 0 Å². The van der Waals surface area contributed by atoms with Crippen molar-refractivity contribution in [1.82, 2.24) is 19.3 Å². The van der Waals surface area contributed by atoms with Gasteiger partial charge in [0.15, 0.2) is 5.65 Å². The van der Waals surface area contributed by atoms with E-state index in [-0.39, 0.29) is 5.56 Å². The quantitative estimate of drug-likeness (QED) is 0.490. The number of nitrogens with one attached hydrogen (secondary N) is 1. The zero-order valence-electron chi connectivity index (χ0n) is 15.2. The van der Waals surface area contributed by atoms with Gasteiger partial charge in [-0.3, -0.25) is 9.48 Å². The molecule has 0 fully saturated rings. The monoisotopic (exact) mass is 383 g/mol. The molecular weight excluding hydrogens is 362 g/mol. The third kappa shape index (κ3) is 3.21. The van der Waals surface area contributed by atoms with Crippen LogP contribution in [0.2, 0.25) is 5.02 Å². The number of rotatable bonds is 6. The van der Waals surface area contributed by atoms with Crippen LogP contribution in [0.25, 0.3) is 21.9 Å². The van der Waals surface area contributed by atoms with E-state index < -0.39 is 0 Å². The Kier molecular flexibility index (Phi) is 4.66. The zero-order valence-corrected chi connectivity index (χ0v) is 16.0. The highest BCUT2D eigenvalue weighted by molar-refractivity contribution is 6.30. The van der Waals surface area contributed by atoms with Crippen LogP contribution in [0.1, 0.15) is 31.7 Å². The first kappa shape index (κ1) is 17.7. The highest BCUT2D eigenvalue weighted by Gasteiger charge is 2.16. The van der Waals surface area contributed by atoms with E-state index >= 15 is 0 Å². The summed E-state index contributed by atoms with van der Waals surface area (Å²) in [7, 11) is 0. The maximum atomic E-state index is 12.9. The molecule has 3 aromatic heterocycles. The zero-order chi connectivity index (χ0) is 19.0. The number of unbranched alkanes of at least 4 members (excludes halogenated alkanes) is 2. The molecule has 4 aromatic rings. The topological polar surface area (TPSA) is 81.6 Å². The first-order chi connectivity index (χ1) is 13.1. The summed E-state index contributed by atoms with van der Waals surface area (Å²) < 4.78 is 3.66. The van der Waals surface area contributed by atoms with Crippen LogP contribution < -0.4 is 11.3 Å². The van der Waals surface area contributed by atoms with Crippen LogP contribution >= 0.6 is 11.6 Å². The minimum Gasteiger partial charge on any atom is -0.397 e. The molecule has 0 saturated heterocycles. The lowest BCUT2D eigenvalue weighted by molar-refractivity contribution is 0.564. The van der Waals surface area contributed by atoms with Gasteiger partial charge in [-0.1, -0.05) is 43.5 Å². The van der Waals surface area contributed by atoms with Crippen LogP contribution in [0.5, 0.6) is 0 Å². The van der Waals surface area contributed by atoms with Crippen molar-refractivity contribution in [2.75, 3.05) is 5.73 Å². The summed E-state index contributed by atoms with van der Waals surface area (Å²) in [6, 6.07) is 7.47. The minimum atomic E-state index is -0.120. The van der Waals surface area contributed by atoms with Crippen LogP contribution in [0.15, 0.2) is 41.5 Å². The predicted octanol–water partition coefficient (Wildman–Crippen LogP) is 4.15. The number of hydrogen-bond acceptors (Lipinski definition) is 3. The van der Waals surface area contributed by atoms with Crippen molar-refractivity contribution >= 4 is 39.2 Å². The Morgan fingerprint density at radius 2 is 2.00 bits per heavy atom. The molecule has 3 N–H and O–H groups in total. The van der Waals surface area contributed by atoms with Crippen LogP contribution in [0.4, 0.5) is 5.69 Å². The molecule has 0 spiro atoms. The normalized spacial score (nSPS) is 11.6. The molecule has 0 amide bonds. The fourth-order valence-corrected chi connectivity index (χ4v) is 3.56. The van der Waals surface area contributed by atoms with Crippen LogP contribution in [-0.2, 0) is 13.1 Å². The molecular formula is C20H22ClN5O. The first-order valence-corrected chi connectivity index (χ1v) is 9.57. The van der Waals surface area contributed by atoms with Gasteiger partial charge < -0.3 is 15.4 Å². The van der Waals surface area contributed by atoms with Gasteiger partial charge in [0.05, 0.1) is 28.5 Å². The van der Waals surface area contributed by atoms with Crippen molar-refractivity contribution in [2.24, 2.45) is 0 Å². The molecule has 0 atom stereocenters. The molecule has 4 rings (SSSR count). The number of pyridine rings is 1. The van der Waals surface area contributed by atoms with Gasteiger partial charge in [-0.25, -0.2) is 4.98 Å². The van der Waals surface area contributed by atoms with Gasteiger partial charge in [-0.15, -0.1) is 0 Å². The van der Waals surface area contributed by atoms with E-state index in [1.54, 1.807) is 10.8 Å². The Bertz CT molecular complexity index is 1150. The third-order valence-electron chi connectivity index (χ3n) is 4.91. The molecule has 6 nitrogen and oxygen atoms in total. The lowest BCUT2D eigenvalue weighted by atomic mass is 10.2. The number of nitrogen functional groups attached to an aromatic ring is 1. The van der Waals surface area contributed by atoms with Crippen LogP contribution in [0.3, 0.4) is 0 Å². The Morgan fingerprint density at radius 1 is 1.22 bits per heavy atom. The minimum absolute atomic E-state index is 0.120. The third-order valence-corrected chi connectivity index (χ3v) is 5.16. The predicted molar refractivity (Wildman–Crippen MR) is 110 cm³/mol. The highest BCUT2D eigenvalue weighted by atomic mass is 35.5. The van der Waals surface area contributed by atoms with E-state index in [0.717, 1.165) is 42.4 Å². The number of anilines is 1. The summed E-state index contributed by atoms with van der Waals surface area (Å²) in [4.78, 5) is 17.6. The van der Waals surface area contributed by atoms with E-state index in [4.69, 9.17) is 22.3 Å². The molecule has 0 aliphatic heterocycles. The lowest BCUT2D eigenvalue weighted by Crippen LogP contribution is -2.15. The number of nitrogens with two attached hydrogens (primary N) is 1. The largest absolute Gasteiger partial charge is 0.397 e. The smallest absolute Gasteiger partial charge is 0.262 e. The molecule has 3 heterocycles. The van der Waals surface area contributed by atoms with Gasteiger partial charge in [0.25, 0.3) is 5.56 Å². The fraction of sp³-hybridized carbons (Fsp3) is 0.300. The van der Waals surface area contributed by atoms with Crippen molar-refractivity contribution in [3.05, 3.63) is 57.6 Å². The number of fused-ring (bicyclic) bond motifs is 2. The Morgan fingerprint density at radius 3 is 2.74 bits per heavy atom. The van der Waals surface area contributed by atoms with Crippen molar-refractivity contribution in [2.45, 2.75) is 39.3 Å². The fourth-order valence-electron chi connectivity index (χ4n) is 3.44. The molecule has 0 radical (unpaired) electrons. The van der Waals surface area contributed by atoms with Gasteiger partial charge in [0, 0.05) is 24.0 Å². The molecule has 0 unspecified atom stereocenters. The summed E-state index contributed by atoms with van der Waals surface area (Å²) in [5.41, 5.74) is 9.13. The van der Waals surface area contributed by atoms with E-state index in [1.807, 2.05) is 35.1 Å². The SMILES string of the molecule is CCCCCn1[nH]cc2c(N)c3c(=O)n(Cc4ccc(Cl)cc4)cc3nc21. The maximum absolute atomic E-state index is 12.9. The summed E-state index contributed by atoms with van der Waals surface area (Å²) in [6.45, 7) is 3.49. The standard InChI is InChI=1S/C20H22ClN5O/c1-2-3-4-9-26-19-15(10-23-26)18(22)17-16(24-19)12-25(20(17)27)11-13-5-7-14(21)8-6-13/h5-8,10,12,23H,2-4,9,11,22H2,1H3. The molecule has 140 valence electrons. The van der Waals surface area contributed by atoms with Crippen molar-refractivity contribution in [3.8, 4) is 0 Å². The molecule has 0 bridgehead atoms. The average molecular weight is 384 g/mol. The van der Waals surface area contributed by atoms with E-state index in [1.165, 1.54) is 0 Å². The molecule has 0 aliphatic rings. The summed E-state index contributed by atoms with van der Waals surface area (Å²) in [6.07, 6.45) is 7.00. The highest BCUT2D eigenvalue weighted by Crippen LogP contribution is 2.26. The Hall–Kier alpha value is -2.73. The second-order valence-corrected chi connectivity index (χ2v) is 7.28.